The lowest BCUT2D eigenvalue weighted by molar-refractivity contribution is 0.600. The summed E-state index contributed by atoms with van der Waals surface area (Å²) in [7, 11) is -4.00. The summed E-state index contributed by atoms with van der Waals surface area (Å²) in [5, 5.41) is 17.7. The first kappa shape index (κ1) is 14.5. The number of benzene rings is 2. The van der Waals surface area contributed by atoms with E-state index in [9.17, 15) is 12.8 Å². The third-order valence-electron chi connectivity index (χ3n) is 2.64. The number of nitrogens with one attached hydrogen (secondary N) is 1. The fourth-order valence-electron chi connectivity index (χ4n) is 1.68. The summed E-state index contributed by atoms with van der Waals surface area (Å²) in [6.45, 7) is 0. The molecule has 0 unspecified atom stereocenters. The molecular formula is C14H8FN3O2S. The number of nitriles is 2. The minimum atomic E-state index is -4.00. The van der Waals surface area contributed by atoms with E-state index in [4.69, 9.17) is 10.5 Å². The van der Waals surface area contributed by atoms with Crippen LogP contribution in [0.1, 0.15) is 11.1 Å². The molecule has 0 spiro atoms. The average molecular weight is 301 g/mol. The van der Waals surface area contributed by atoms with Crippen molar-refractivity contribution in [2.75, 3.05) is 4.72 Å². The molecule has 2 aromatic carbocycles. The lowest BCUT2D eigenvalue weighted by Gasteiger charge is -2.09. The van der Waals surface area contributed by atoms with Crippen LogP contribution in [0.25, 0.3) is 0 Å². The quantitative estimate of drug-likeness (QED) is 0.941. The Bertz CT molecular complexity index is 880. The number of hydrogen-bond donors (Lipinski definition) is 1. The zero-order valence-electron chi connectivity index (χ0n) is 10.5. The second kappa shape index (κ2) is 5.61. The van der Waals surface area contributed by atoms with Crippen molar-refractivity contribution in [1.82, 2.24) is 0 Å². The molecule has 0 bridgehead atoms. The van der Waals surface area contributed by atoms with Crippen molar-refractivity contribution >= 4 is 15.7 Å². The molecule has 0 heterocycles. The van der Waals surface area contributed by atoms with Crippen LogP contribution in [0, 0.1) is 28.5 Å². The Morgan fingerprint density at radius 3 is 2.33 bits per heavy atom. The first-order valence-corrected chi connectivity index (χ1v) is 7.18. The van der Waals surface area contributed by atoms with E-state index in [0.29, 0.717) is 0 Å². The van der Waals surface area contributed by atoms with E-state index in [1.54, 1.807) is 18.2 Å². The average Bonchev–Trinajstić information content (AvgIpc) is 2.49. The fourth-order valence-corrected chi connectivity index (χ4v) is 2.89. The predicted molar refractivity (Wildman–Crippen MR) is 73.1 cm³/mol. The SMILES string of the molecule is N#Cc1cc(NS(=O)(=O)c2ccccc2C#N)ccc1F. The van der Waals surface area contributed by atoms with Gasteiger partial charge < -0.3 is 0 Å². The van der Waals surface area contributed by atoms with Gasteiger partial charge in [-0.15, -0.1) is 0 Å². The molecule has 0 fully saturated rings. The number of rotatable bonds is 3. The second-order valence-electron chi connectivity index (χ2n) is 4.02. The van der Waals surface area contributed by atoms with Gasteiger partial charge in [-0.1, -0.05) is 12.1 Å². The van der Waals surface area contributed by atoms with Crippen LogP contribution >= 0.6 is 0 Å². The number of hydrogen-bond acceptors (Lipinski definition) is 4. The third-order valence-corrected chi connectivity index (χ3v) is 4.08. The number of nitrogens with zero attached hydrogens (tertiary/aromatic N) is 2. The van der Waals surface area contributed by atoms with E-state index < -0.39 is 15.8 Å². The number of anilines is 1. The van der Waals surface area contributed by atoms with Crippen molar-refractivity contribution in [3.05, 3.63) is 59.4 Å². The lowest BCUT2D eigenvalue weighted by atomic mass is 10.2. The van der Waals surface area contributed by atoms with Gasteiger partial charge in [-0.05, 0) is 30.3 Å². The van der Waals surface area contributed by atoms with Crippen LogP contribution in [-0.4, -0.2) is 8.42 Å². The molecule has 2 rings (SSSR count). The molecule has 0 aliphatic rings. The van der Waals surface area contributed by atoms with E-state index in [1.165, 1.54) is 24.3 Å². The molecule has 0 amide bonds. The maximum atomic E-state index is 13.2. The highest BCUT2D eigenvalue weighted by Crippen LogP contribution is 2.20. The van der Waals surface area contributed by atoms with Crippen molar-refractivity contribution in [3.8, 4) is 12.1 Å². The van der Waals surface area contributed by atoms with Crippen molar-refractivity contribution in [1.29, 1.82) is 10.5 Å². The second-order valence-corrected chi connectivity index (χ2v) is 5.67. The Hall–Kier alpha value is -2.90. The summed E-state index contributed by atoms with van der Waals surface area (Å²) in [5.74, 6) is -0.738. The molecule has 7 heteroatoms. The molecule has 104 valence electrons. The van der Waals surface area contributed by atoms with Crippen molar-refractivity contribution in [2.45, 2.75) is 4.90 Å². The lowest BCUT2D eigenvalue weighted by Crippen LogP contribution is -2.14. The summed E-state index contributed by atoms with van der Waals surface area (Å²) in [5.41, 5.74) is -0.239. The molecule has 1 N–H and O–H groups in total. The van der Waals surface area contributed by atoms with Crippen molar-refractivity contribution < 1.29 is 12.8 Å². The van der Waals surface area contributed by atoms with E-state index >= 15 is 0 Å². The molecule has 0 aromatic heterocycles. The Balaban J connectivity index is 2.43. The van der Waals surface area contributed by atoms with Gasteiger partial charge in [-0.25, -0.2) is 12.8 Å². The first-order chi connectivity index (χ1) is 9.97. The maximum Gasteiger partial charge on any atom is 0.263 e. The number of sulfonamides is 1. The van der Waals surface area contributed by atoms with Gasteiger partial charge in [0, 0.05) is 0 Å². The van der Waals surface area contributed by atoms with Crippen molar-refractivity contribution in [2.24, 2.45) is 0 Å². The summed E-state index contributed by atoms with van der Waals surface area (Å²) in [6.07, 6.45) is 0. The number of halogens is 1. The molecular weight excluding hydrogens is 293 g/mol. The molecule has 5 nitrogen and oxygen atoms in total. The molecule has 0 atom stereocenters. The van der Waals surface area contributed by atoms with Gasteiger partial charge in [0.2, 0.25) is 0 Å². The van der Waals surface area contributed by atoms with Crippen molar-refractivity contribution in [3.63, 3.8) is 0 Å². The highest BCUT2D eigenvalue weighted by atomic mass is 32.2. The molecule has 0 aliphatic carbocycles. The third kappa shape index (κ3) is 2.99. The van der Waals surface area contributed by atoms with Crippen LogP contribution in [0.4, 0.5) is 10.1 Å². The Morgan fingerprint density at radius 1 is 1.00 bits per heavy atom. The Morgan fingerprint density at radius 2 is 1.67 bits per heavy atom. The molecule has 0 saturated carbocycles. The monoisotopic (exact) mass is 301 g/mol. The molecule has 0 saturated heterocycles. The zero-order valence-corrected chi connectivity index (χ0v) is 11.4. The summed E-state index contributed by atoms with van der Waals surface area (Å²) in [4.78, 5) is -0.185. The van der Waals surface area contributed by atoms with Crippen LogP contribution in [-0.2, 0) is 10.0 Å². The fraction of sp³-hybridized carbons (Fsp3) is 0. The maximum absolute atomic E-state index is 13.2. The normalized spacial score (nSPS) is 10.4. The van der Waals surface area contributed by atoms with Gasteiger partial charge in [-0.2, -0.15) is 10.5 Å². The molecule has 0 aliphatic heterocycles. The van der Waals surface area contributed by atoms with Crippen LogP contribution in [0.2, 0.25) is 0 Å². The van der Waals surface area contributed by atoms with Gasteiger partial charge in [0.05, 0.1) is 16.8 Å². The highest BCUT2D eigenvalue weighted by Gasteiger charge is 2.18. The minimum Gasteiger partial charge on any atom is -0.280 e. The summed E-state index contributed by atoms with van der Waals surface area (Å²) < 4.78 is 39.9. The van der Waals surface area contributed by atoms with E-state index in [1.807, 2.05) is 0 Å². The van der Waals surface area contributed by atoms with Gasteiger partial charge >= 0.3 is 0 Å². The standard InChI is InChI=1S/C14H8FN3O2S/c15-13-6-5-12(7-11(13)9-17)18-21(19,20)14-4-2-1-3-10(14)8-16/h1-7,18H. The van der Waals surface area contributed by atoms with Gasteiger partial charge in [0.1, 0.15) is 22.9 Å². The topological polar surface area (TPSA) is 93.8 Å². The van der Waals surface area contributed by atoms with Gasteiger partial charge in [0.15, 0.2) is 0 Å². The largest absolute Gasteiger partial charge is 0.280 e. The smallest absolute Gasteiger partial charge is 0.263 e. The van der Waals surface area contributed by atoms with Crippen LogP contribution in [0.3, 0.4) is 0 Å². The van der Waals surface area contributed by atoms with E-state index in [-0.39, 0.29) is 21.7 Å². The molecule has 21 heavy (non-hydrogen) atoms. The summed E-state index contributed by atoms with van der Waals surface area (Å²) >= 11 is 0. The Labute approximate surface area is 120 Å². The Kier molecular flexibility index (Phi) is 3.88. The molecule has 2 aromatic rings. The van der Waals surface area contributed by atoms with Crippen LogP contribution in [0.15, 0.2) is 47.4 Å². The highest BCUT2D eigenvalue weighted by molar-refractivity contribution is 7.92. The van der Waals surface area contributed by atoms with Crippen LogP contribution < -0.4 is 4.72 Å². The minimum absolute atomic E-state index is 0.00683. The predicted octanol–water partition coefficient (Wildman–Crippen LogP) is 2.37. The molecule has 0 radical (unpaired) electrons. The summed E-state index contributed by atoms with van der Waals surface area (Å²) in [6, 6.07) is 12.4. The first-order valence-electron chi connectivity index (χ1n) is 5.69. The zero-order chi connectivity index (χ0) is 15.5. The van der Waals surface area contributed by atoms with Crippen LogP contribution in [0.5, 0.6) is 0 Å². The van der Waals surface area contributed by atoms with E-state index in [2.05, 4.69) is 4.72 Å². The van der Waals surface area contributed by atoms with E-state index in [0.717, 1.165) is 12.1 Å². The van der Waals surface area contributed by atoms with Gasteiger partial charge in [0.25, 0.3) is 10.0 Å². The van der Waals surface area contributed by atoms with Gasteiger partial charge in [-0.3, -0.25) is 4.72 Å².